The minimum atomic E-state index is -0.0500. The molecule has 2 heterocycles. The van der Waals surface area contributed by atoms with E-state index in [4.69, 9.17) is 21.1 Å². The van der Waals surface area contributed by atoms with Gasteiger partial charge < -0.3 is 19.3 Å². The zero-order valence-corrected chi connectivity index (χ0v) is 19.2. The zero-order chi connectivity index (χ0) is 22.2. The van der Waals surface area contributed by atoms with Gasteiger partial charge in [-0.3, -0.25) is 14.5 Å². The fourth-order valence-electron chi connectivity index (χ4n) is 3.95. The summed E-state index contributed by atoms with van der Waals surface area (Å²) in [5.74, 6) is 1.20. The Morgan fingerprint density at radius 2 is 1.74 bits per heavy atom. The molecule has 0 bridgehead atoms. The van der Waals surface area contributed by atoms with E-state index >= 15 is 0 Å². The van der Waals surface area contributed by atoms with Gasteiger partial charge in [0, 0.05) is 45.3 Å². The highest BCUT2D eigenvalue weighted by Gasteiger charge is 2.24. The summed E-state index contributed by atoms with van der Waals surface area (Å²) in [6.07, 6.45) is 6.71. The number of methoxy groups -OCH3 is 1. The number of nitrogens with zero attached hydrogens (tertiary/aromatic N) is 3. The first kappa shape index (κ1) is 23.4. The predicted molar refractivity (Wildman–Crippen MR) is 122 cm³/mol. The van der Waals surface area contributed by atoms with Crippen molar-refractivity contribution in [3.8, 4) is 11.5 Å². The highest BCUT2D eigenvalue weighted by Crippen LogP contribution is 2.36. The third-order valence-corrected chi connectivity index (χ3v) is 5.99. The van der Waals surface area contributed by atoms with E-state index in [1.807, 2.05) is 16.7 Å². The van der Waals surface area contributed by atoms with Crippen molar-refractivity contribution >= 4 is 29.5 Å². The Hall–Kier alpha value is -2.25. The van der Waals surface area contributed by atoms with E-state index in [9.17, 15) is 9.59 Å². The maximum absolute atomic E-state index is 12.6. The van der Waals surface area contributed by atoms with Gasteiger partial charge in [-0.1, -0.05) is 11.6 Å². The van der Waals surface area contributed by atoms with Gasteiger partial charge in [0.2, 0.25) is 11.8 Å². The average Bonchev–Trinajstić information content (AvgIpc) is 2.80. The number of benzene rings is 1. The molecule has 31 heavy (non-hydrogen) atoms. The third-order valence-electron chi connectivity index (χ3n) is 5.71. The summed E-state index contributed by atoms with van der Waals surface area (Å²) in [7, 11) is 1.56. The highest BCUT2D eigenvalue weighted by atomic mass is 35.5. The topological polar surface area (TPSA) is 62.3 Å². The second-order valence-electron chi connectivity index (χ2n) is 7.84. The van der Waals surface area contributed by atoms with Crippen LogP contribution in [0.3, 0.4) is 0 Å². The van der Waals surface area contributed by atoms with Crippen molar-refractivity contribution < 1.29 is 19.1 Å². The van der Waals surface area contributed by atoms with E-state index in [-0.39, 0.29) is 11.8 Å². The van der Waals surface area contributed by atoms with E-state index in [1.165, 1.54) is 6.42 Å². The first-order valence-electron chi connectivity index (χ1n) is 11.0. The zero-order valence-electron chi connectivity index (χ0n) is 18.4. The van der Waals surface area contributed by atoms with Crippen molar-refractivity contribution in [1.29, 1.82) is 0 Å². The van der Waals surface area contributed by atoms with Crippen LogP contribution in [0.25, 0.3) is 6.08 Å². The number of ether oxygens (including phenoxy) is 2. The van der Waals surface area contributed by atoms with Gasteiger partial charge in [0.1, 0.15) is 0 Å². The van der Waals surface area contributed by atoms with E-state index in [0.717, 1.165) is 31.5 Å². The second kappa shape index (κ2) is 11.4. The summed E-state index contributed by atoms with van der Waals surface area (Å²) in [6, 6.07) is 3.55. The molecule has 3 rings (SSSR count). The molecular formula is C23H32ClN3O4. The van der Waals surface area contributed by atoms with Crippen LogP contribution in [0, 0.1) is 0 Å². The van der Waals surface area contributed by atoms with Crippen molar-refractivity contribution in [2.75, 3.05) is 59.5 Å². The number of amides is 2. The van der Waals surface area contributed by atoms with Gasteiger partial charge in [-0.15, -0.1) is 0 Å². The van der Waals surface area contributed by atoms with Crippen molar-refractivity contribution in [1.82, 2.24) is 14.7 Å². The van der Waals surface area contributed by atoms with Crippen LogP contribution in [0.1, 0.15) is 31.7 Å². The molecule has 2 saturated heterocycles. The van der Waals surface area contributed by atoms with Crippen molar-refractivity contribution in [3.63, 3.8) is 0 Å². The standard InChI is InChI=1S/C23H32ClN3O4/c1-3-31-23-19(24)15-18(16-20(23)30-2)7-8-21(28)27-13-11-25(12-14-27)17-22(29)26-9-5-4-6-10-26/h7-8,15-16H,3-6,9-14,17H2,1-2H3/b8-7+. The summed E-state index contributed by atoms with van der Waals surface area (Å²) >= 11 is 6.30. The van der Waals surface area contributed by atoms with Gasteiger partial charge in [-0.25, -0.2) is 0 Å². The van der Waals surface area contributed by atoms with Gasteiger partial charge in [-0.05, 0) is 50.0 Å². The van der Waals surface area contributed by atoms with Gasteiger partial charge in [-0.2, -0.15) is 0 Å². The molecule has 0 aromatic heterocycles. The molecule has 0 atom stereocenters. The SMILES string of the molecule is CCOc1c(Cl)cc(/C=C/C(=O)N2CCN(CC(=O)N3CCCCC3)CC2)cc1OC. The van der Waals surface area contributed by atoms with E-state index in [0.29, 0.717) is 55.9 Å². The summed E-state index contributed by atoms with van der Waals surface area (Å²) in [4.78, 5) is 31.0. The lowest BCUT2D eigenvalue weighted by Crippen LogP contribution is -2.51. The number of piperazine rings is 1. The van der Waals surface area contributed by atoms with Gasteiger partial charge in [0.15, 0.2) is 11.5 Å². The molecule has 2 amide bonds. The molecule has 2 aliphatic heterocycles. The Bertz CT molecular complexity index is 800. The molecule has 1 aromatic rings. The maximum atomic E-state index is 12.6. The fourth-order valence-corrected chi connectivity index (χ4v) is 4.23. The molecular weight excluding hydrogens is 418 g/mol. The number of halogens is 1. The van der Waals surface area contributed by atoms with Crippen LogP contribution in [-0.4, -0.2) is 86.0 Å². The number of piperidine rings is 1. The molecule has 2 fully saturated rings. The van der Waals surface area contributed by atoms with Crippen LogP contribution in [0.4, 0.5) is 0 Å². The lowest BCUT2D eigenvalue weighted by atomic mass is 10.1. The van der Waals surface area contributed by atoms with Gasteiger partial charge in [0.25, 0.3) is 0 Å². The molecule has 0 aliphatic carbocycles. The molecule has 8 heteroatoms. The molecule has 7 nitrogen and oxygen atoms in total. The van der Waals surface area contributed by atoms with E-state index < -0.39 is 0 Å². The molecule has 1 aromatic carbocycles. The van der Waals surface area contributed by atoms with Crippen molar-refractivity contribution in [2.45, 2.75) is 26.2 Å². The number of hydrogen-bond donors (Lipinski definition) is 0. The van der Waals surface area contributed by atoms with Crippen LogP contribution >= 0.6 is 11.6 Å². The first-order valence-corrected chi connectivity index (χ1v) is 11.4. The molecule has 170 valence electrons. The lowest BCUT2D eigenvalue weighted by Gasteiger charge is -2.35. The smallest absolute Gasteiger partial charge is 0.246 e. The van der Waals surface area contributed by atoms with Crippen LogP contribution in [0.2, 0.25) is 5.02 Å². The molecule has 0 radical (unpaired) electrons. The normalized spacial score (nSPS) is 17.8. The quantitative estimate of drug-likeness (QED) is 0.599. The highest BCUT2D eigenvalue weighted by molar-refractivity contribution is 6.32. The first-order chi connectivity index (χ1) is 15.0. The van der Waals surface area contributed by atoms with Crippen LogP contribution in [0.15, 0.2) is 18.2 Å². The van der Waals surface area contributed by atoms with Crippen LogP contribution in [-0.2, 0) is 9.59 Å². The van der Waals surface area contributed by atoms with E-state index in [1.54, 1.807) is 31.4 Å². The minimum absolute atomic E-state index is 0.0500. The summed E-state index contributed by atoms with van der Waals surface area (Å²) in [5, 5.41) is 0.445. The van der Waals surface area contributed by atoms with Crippen molar-refractivity contribution in [3.05, 3.63) is 28.8 Å². The molecule has 0 unspecified atom stereocenters. The number of carbonyl (C=O) groups excluding carboxylic acids is 2. The summed E-state index contributed by atoms with van der Waals surface area (Å²) in [6.45, 7) is 7.22. The lowest BCUT2D eigenvalue weighted by molar-refractivity contribution is -0.134. The average molecular weight is 450 g/mol. The third kappa shape index (κ3) is 6.37. The number of rotatable bonds is 7. The summed E-state index contributed by atoms with van der Waals surface area (Å²) in [5.41, 5.74) is 0.768. The Labute approximate surface area is 189 Å². The van der Waals surface area contributed by atoms with Crippen molar-refractivity contribution in [2.24, 2.45) is 0 Å². The minimum Gasteiger partial charge on any atom is -0.493 e. The maximum Gasteiger partial charge on any atom is 0.246 e. The van der Waals surface area contributed by atoms with Crippen LogP contribution < -0.4 is 9.47 Å². The Morgan fingerprint density at radius 3 is 2.39 bits per heavy atom. The largest absolute Gasteiger partial charge is 0.493 e. The van der Waals surface area contributed by atoms with Crippen LogP contribution in [0.5, 0.6) is 11.5 Å². The number of likely N-dealkylation sites (tertiary alicyclic amines) is 1. The number of hydrogen-bond acceptors (Lipinski definition) is 5. The Balaban J connectivity index is 1.51. The van der Waals surface area contributed by atoms with Gasteiger partial charge in [0.05, 0.1) is 25.3 Å². The molecule has 0 N–H and O–H groups in total. The number of carbonyl (C=O) groups is 2. The fraction of sp³-hybridized carbons (Fsp3) is 0.565. The monoisotopic (exact) mass is 449 g/mol. The van der Waals surface area contributed by atoms with E-state index in [2.05, 4.69) is 4.90 Å². The Kier molecular flexibility index (Phi) is 8.60. The Morgan fingerprint density at radius 1 is 1.03 bits per heavy atom. The second-order valence-corrected chi connectivity index (χ2v) is 8.25. The molecule has 2 aliphatic rings. The molecule has 0 spiro atoms. The summed E-state index contributed by atoms with van der Waals surface area (Å²) < 4.78 is 10.9. The van der Waals surface area contributed by atoms with Gasteiger partial charge >= 0.3 is 0 Å². The predicted octanol–water partition coefficient (Wildman–Crippen LogP) is 2.92. The molecule has 0 saturated carbocycles.